The molecule has 3 atom stereocenters. The Kier molecular flexibility index (Phi) is 1.98. The van der Waals surface area contributed by atoms with Crippen molar-refractivity contribution in [2.75, 3.05) is 7.11 Å². The van der Waals surface area contributed by atoms with Crippen molar-refractivity contribution in [3.63, 3.8) is 0 Å². The topological polar surface area (TPSA) is 26.3 Å². The third-order valence-corrected chi connectivity index (χ3v) is 3.04. The minimum Gasteiger partial charge on any atom is -0.501 e. The van der Waals surface area contributed by atoms with E-state index in [0.717, 1.165) is 12.2 Å². The molecule has 2 heteroatoms. The lowest BCUT2D eigenvalue weighted by Crippen LogP contribution is -2.26. The van der Waals surface area contributed by atoms with E-state index in [1.807, 2.05) is 0 Å². The highest BCUT2D eigenvalue weighted by Crippen LogP contribution is 2.40. The standard InChI is InChI=1S/C11H14O2/c1-7-4-3-5-8-10(13-2)6-9(12)11(7)8/h3-4,6-8,11H,5H2,1-2H3. The van der Waals surface area contributed by atoms with E-state index in [0.29, 0.717) is 11.8 Å². The maximum Gasteiger partial charge on any atom is 0.163 e. The number of hydrogen-bond acceptors (Lipinski definition) is 2. The van der Waals surface area contributed by atoms with Crippen molar-refractivity contribution in [2.45, 2.75) is 13.3 Å². The molecule has 2 nitrogen and oxygen atoms in total. The Morgan fingerprint density at radius 2 is 2.31 bits per heavy atom. The molecule has 0 N–H and O–H groups in total. The summed E-state index contributed by atoms with van der Waals surface area (Å²) in [6, 6.07) is 0. The van der Waals surface area contributed by atoms with E-state index < -0.39 is 0 Å². The van der Waals surface area contributed by atoms with E-state index in [2.05, 4.69) is 19.1 Å². The van der Waals surface area contributed by atoms with Gasteiger partial charge in [-0.25, -0.2) is 0 Å². The summed E-state index contributed by atoms with van der Waals surface area (Å²) in [5.74, 6) is 1.90. The predicted molar refractivity (Wildman–Crippen MR) is 50.0 cm³/mol. The molecular weight excluding hydrogens is 164 g/mol. The summed E-state index contributed by atoms with van der Waals surface area (Å²) in [5.41, 5.74) is 0. The summed E-state index contributed by atoms with van der Waals surface area (Å²) in [7, 11) is 1.64. The summed E-state index contributed by atoms with van der Waals surface area (Å²) in [5, 5.41) is 0. The van der Waals surface area contributed by atoms with Crippen LogP contribution in [0.1, 0.15) is 13.3 Å². The van der Waals surface area contributed by atoms with Crippen molar-refractivity contribution in [3.8, 4) is 0 Å². The highest BCUT2D eigenvalue weighted by atomic mass is 16.5. The zero-order valence-corrected chi connectivity index (χ0v) is 7.99. The van der Waals surface area contributed by atoms with E-state index in [1.165, 1.54) is 0 Å². The van der Waals surface area contributed by atoms with Crippen molar-refractivity contribution < 1.29 is 9.53 Å². The van der Waals surface area contributed by atoms with Gasteiger partial charge >= 0.3 is 0 Å². The lowest BCUT2D eigenvalue weighted by Gasteiger charge is -2.27. The normalized spacial score (nSPS) is 37.2. The number of carbonyl (C=O) groups is 1. The Balaban J connectivity index is 2.29. The van der Waals surface area contributed by atoms with Crippen LogP contribution in [0.25, 0.3) is 0 Å². The van der Waals surface area contributed by atoms with E-state index in [4.69, 9.17) is 4.74 Å². The van der Waals surface area contributed by atoms with Gasteiger partial charge in [-0.2, -0.15) is 0 Å². The molecule has 0 aliphatic heterocycles. The second kappa shape index (κ2) is 3.02. The van der Waals surface area contributed by atoms with Crippen molar-refractivity contribution in [1.29, 1.82) is 0 Å². The SMILES string of the molecule is COC1=CC(=O)C2C(C)C=CCC12. The van der Waals surface area contributed by atoms with Crippen LogP contribution in [0.15, 0.2) is 24.0 Å². The molecular formula is C11H14O2. The van der Waals surface area contributed by atoms with Gasteiger partial charge in [0.1, 0.15) is 5.76 Å². The van der Waals surface area contributed by atoms with Gasteiger partial charge in [0, 0.05) is 17.9 Å². The monoisotopic (exact) mass is 178 g/mol. The number of fused-ring (bicyclic) bond motifs is 1. The Hall–Kier alpha value is -1.05. The Bertz CT molecular complexity index is 288. The number of methoxy groups -OCH3 is 1. The minimum atomic E-state index is 0.139. The first-order valence-electron chi connectivity index (χ1n) is 4.70. The van der Waals surface area contributed by atoms with Crippen LogP contribution >= 0.6 is 0 Å². The molecule has 0 aromatic carbocycles. The van der Waals surface area contributed by atoms with Crippen molar-refractivity contribution >= 4 is 5.78 Å². The molecule has 0 saturated carbocycles. The zero-order valence-electron chi connectivity index (χ0n) is 7.99. The number of ketones is 1. The first-order chi connectivity index (χ1) is 6.24. The van der Waals surface area contributed by atoms with Crippen LogP contribution in [-0.2, 0) is 9.53 Å². The van der Waals surface area contributed by atoms with Gasteiger partial charge in [0.25, 0.3) is 0 Å². The molecule has 0 saturated heterocycles. The van der Waals surface area contributed by atoms with Crippen molar-refractivity contribution in [3.05, 3.63) is 24.0 Å². The Morgan fingerprint density at radius 1 is 1.54 bits per heavy atom. The Morgan fingerprint density at radius 3 is 3.00 bits per heavy atom. The molecule has 2 aliphatic rings. The van der Waals surface area contributed by atoms with Crippen LogP contribution in [0.4, 0.5) is 0 Å². The highest BCUT2D eigenvalue weighted by molar-refractivity contribution is 5.95. The Labute approximate surface area is 78.3 Å². The predicted octanol–water partition coefficient (Wildman–Crippen LogP) is 1.93. The first kappa shape index (κ1) is 8.54. The van der Waals surface area contributed by atoms with Crippen molar-refractivity contribution in [2.24, 2.45) is 17.8 Å². The van der Waals surface area contributed by atoms with E-state index >= 15 is 0 Å². The van der Waals surface area contributed by atoms with Gasteiger partial charge in [0.05, 0.1) is 7.11 Å². The summed E-state index contributed by atoms with van der Waals surface area (Å²) >= 11 is 0. The average molecular weight is 178 g/mol. The molecule has 3 unspecified atom stereocenters. The van der Waals surface area contributed by atoms with E-state index in [1.54, 1.807) is 13.2 Å². The fraction of sp³-hybridized carbons (Fsp3) is 0.545. The molecule has 0 amide bonds. The smallest absolute Gasteiger partial charge is 0.163 e. The second-order valence-corrected chi connectivity index (χ2v) is 3.81. The number of hydrogen-bond donors (Lipinski definition) is 0. The summed E-state index contributed by atoms with van der Waals surface area (Å²) in [6.45, 7) is 2.09. The number of rotatable bonds is 1. The van der Waals surface area contributed by atoms with Crippen LogP contribution in [-0.4, -0.2) is 12.9 Å². The van der Waals surface area contributed by atoms with Gasteiger partial charge in [-0.3, -0.25) is 4.79 Å². The molecule has 2 aliphatic carbocycles. The summed E-state index contributed by atoms with van der Waals surface area (Å²) in [4.78, 5) is 11.6. The van der Waals surface area contributed by atoms with Crippen LogP contribution in [0, 0.1) is 17.8 Å². The second-order valence-electron chi connectivity index (χ2n) is 3.81. The lowest BCUT2D eigenvalue weighted by atomic mass is 9.77. The number of ether oxygens (including phenoxy) is 1. The minimum absolute atomic E-state index is 0.139. The molecule has 0 radical (unpaired) electrons. The third kappa shape index (κ3) is 1.21. The van der Waals surface area contributed by atoms with Gasteiger partial charge in [-0.15, -0.1) is 0 Å². The van der Waals surface area contributed by atoms with Gasteiger partial charge in [-0.1, -0.05) is 19.1 Å². The van der Waals surface area contributed by atoms with Crippen LogP contribution in [0.2, 0.25) is 0 Å². The molecule has 0 fully saturated rings. The summed E-state index contributed by atoms with van der Waals surface area (Å²) in [6.07, 6.45) is 6.89. The largest absolute Gasteiger partial charge is 0.501 e. The van der Waals surface area contributed by atoms with E-state index in [9.17, 15) is 4.79 Å². The molecule has 0 heterocycles. The molecule has 0 spiro atoms. The van der Waals surface area contributed by atoms with Crippen molar-refractivity contribution in [1.82, 2.24) is 0 Å². The van der Waals surface area contributed by atoms with Crippen LogP contribution in [0.5, 0.6) is 0 Å². The van der Waals surface area contributed by atoms with Crippen LogP contribution in [0.3, 0.4) is 0 Å². The molecule has 0 aromatic heterocycles. The molecule has 70 valence electrons. The first-order valence-corrected chi connectivity index (χ1v) is 4.70. The number of allylic oxidation sites excluding steroid dienone is 4. The zero-order chi connectivity index (χ0) is 9.42. The highest BCUT2D eigenvalue weighted by Gasteiger charge is 2.40. The van der Waals surface area contributed by atoms with Gasteiger partial charge < -0.3 is 4.74 Å². The maximum absolute atomic E-state index is 11.6. The third-order valence-electron chi connectivity index (χ3n) is 3.04. The quantitative estimate of drug-likeness (QED) is 0.573. The number of carbonyl (C=O) groups excluding carboxylic acids is 1. The summed E-state index contributed by atoms with van der Waals surface area (Å²) < 4.78 is 5.21. The average Bonchev–Trinajstić information content (AvgIpc) is 2.44. The van der Waals surface area contributed by atoms with E-state index in [-0.39, 0.29) is 11.7 Å². The molecule has 0 bridgehead atoms. The molecule has 13 heavy (non-hydrogen) atoms. The fourth-order valence-electron chi connectivity index (χ4n) is 2.38. The van der Waals surface area contributed by atoms with Gasteiger partial charge in [-0.05, 0) is 12.3 Å². The maximum atomic E-state index is 11.6. The van der Waals surface area contributed by atoms with Gasteiger partial charge in [0.15, 0.2) is 5.78 Å². The van der Waals surface area contributed by atoms with Gasteiger partial charge in [0.2, 0.25) is 0 Å². The molecule has 2 rings (SSSR count). The lowest BCUT2D eigenvalue weighted by molar-refractivity contribution is -0.119. The fourth-order valence-corrected chi connectivity index (χ4v) is 2.38. The molecule has 0 aromatic rings. The van der Waals surface area contributed by atoms with Crippen LogP contribution < -0.4 is 0 Å².